The van der Waals surface area contributed by atoms with Gasteiger partial charge in [-0.25, -0.2) is 0 Å². The highest BCUT2D eigenvalue weighted by Crippen LogP contribution is 2.35. The second-order valence-electron chi connectivity index (χ2n) is 6.08. The zero-order valence-electron chi connectivity index (χ0n) is 17.7. The number of anilines is 2. The summed E-state index contributed by atoms with van der Waals surface area (Å²) < 4.78 is 0. The summed E-state index contributed by atoms with van der Waals surface area (Å²) in [7, 11) is 0. The van der Waals surface area contributed by atoms with Crippen LogP contribution < -0.4 is 10.6 Å². The molecule has 0 aliphatic heterocycles. The molecule has 0 aliphatic carbocycles. The molecule has 0 aliphatic rings. The lowest BCUT2D eigenvalue weighted by Gasteiger charge is -2.13. The predicted octanol–water partition coefficient (Wildman–Crippen LogP) is 7.84. The van der Waals surface area contributed by atoms with E-state index in [0.717, 1.165) is 37.5 Å². The van der Waals surface area contributed by atoms with E-state index in [1.165, 1.54) is 11.3 Å². The van der Waals surface area contributed by atoms with E-state index in [1.807, 2.05) is 76.4 Å². The maximum Gasteiger partial charge on any atom is 0.101 e. The van der Waals surface area contributed by atoms with Gasteiger partial charge in [-0.15, -0.1) is 17.8 Å². The third-order valence-electron chi connectivity index (χ3n) is 4.07. The molecule has 0 amide bonds. The number of halogens is 1. The fraction of sp³-hybridized carbons (Fsp3) is 0.160. The molecular weight excluding hydrogens is 410 g/mol. The lowest BCUT2D eigenvalue weighted by atomic mass is 10.1. The van der Waals surface area contributed by atoms with E-state index in [2.05, 4.69) is 28.1 Å². The van der Waals surface area contributed by atoms with Gasteiger partial charge in [-0.1, -0.05) is 74.4 Å². The summed E-state index contributed by atoms with van der Waals surface area (Å²) in [4.78, 5) is 6.07. The quantitative estimate of drug-likeness (QED) is 0.305. The van der Waals surface area contributed by atoms with Crippen LogP contribution in [0.1, 0.15) is 37.4 Å². The summed E-state index contributed by atoms with van der Waals surface area (Å²) >= 11 is 7.77. The fourth-order valence-corrected chi connectivity index (χ4v) is 4.06. The van der Waals surface area contributed by atoms with Crippen LogP contribution in [0.15, 0.2) is 72.3 Å². The van der Waals surface area contributed by atoms with Crippen LogP contribution in [0.5, 0.6) is 0 Å². The fourth-order valence-electron chi connectivity index (χ4n) is 2.83. The molecule has 0 fully saturated rings. The first kappa shape index (κ1) is 23.3. The van der Waals surface area contributed by atoms with Gasteiger partial charge in [0.05, 0.1) is 17.6 Å². The van der Waals surface area contributed by atoms with Gasteiger partial charge in [0.25, 0.3) is 0 Å². The summed E-state index contributed by atoms with van der Waals surface area (Å²) in [5, 5.41) is 9.40. The predicted molar refractivity (Wildman–Crippen MR) is 135 cm³/mol. The van der Waals surface area contributed by atoms with E-state index in [-0.39, 0.29) is 0 Å². The lowest BCUT2D eigenvalue weighted by molar-refractivity contribution is 1.32. The minimum Gasteiger partial charge on any atom is -0.341 e. The molecule has 3 rings (SSSR count). The third kappa shape index (κ3) is 5.54. The van der Waals surface area contributed by atoms with Crippen molar-refractivity contribution in [3.63, 3.8) is 0 Å². The topological polar surface area (TPSA) is 37.0 Å². The van der Waals surface area contributed by atoms with Gasteiger partial charge in [0.15, 0.2) is 0 Å². The molecule has 1 aromatic carbocycles. The van der Waals surface area contributed by atoms with Crippen molar-refractivity contribution in [2.45, 2.75) is 27.7 Å². The first-order valence-corrected chi connectivity index (χ1v) is 10.9. The number of nitrogens with one attached hydrogen (secondary N) is 2. The summed E-state index contributed by atoms with van der Waals surface area (Å²) in [6.07, 6.45) is 13.3. The molecular formula is C25H26ClN3S. The number of fused-ring (bicyclic) bond motifs is 1. The van der Waals surface area contributed by atoms with Crippen LogP contribution in [0, 0.1) is 12.3 Å². The summed E-state index contributed by atoms with van der Waals surface area (Å²) in [5.74, 6) is 3.35. The Hall–Kier alpha value is -3.00. The molecule has 0 spiro atoms. The zero-order valence-corrected chi connectivity index (χ0v) is 19.3. The Morgan fingerprint density at radius 1 is 1.20 bits per heavy atom. The Morgan fingerprint density at radius 3 is 2.57 bits per heavy atom. The van der Waals surface area contributed by atoms with E-state index in [0.29, 0.717) is 10.9 Å². The molecule has 0 radical (unpaired) electrons. The van der Waals surface area contributed by atoms with Crippen molar-refractivity contribution in [1.29, 1.82) is 0 Å². The van der Waals surface area contributed by atoms with Gasteiger partial charge in [-0.2, -0.15) is 0 Å². The van der Waals surface area contributed by atoms with Crippen LogP contribution in [0.3, 0.4) is 0 Å². The number of benzene rings is 1. The number of nitrogens with zero attached hydrogens (tertiary/aromatic N) is 1. The van der Waals surface area contributed by atoms with Gasteiger partial charge >= 0.3 is 0 Å². The largest absolute Gasteiger partial charge is 0.341 e. The Labute approximate surface area is 188 Å². The van der Waals surface area contributed by atoms with E-state index in [4.69, 9.17) is 18.0 Å². The Morgan fingerprint density at radius 2 is 1.90 bits per heavy atom. The van der Waals surface area contributed by atoms with Crippen LogP contribution >= 0.6 is 22.9 Å². The second-order valence-corrected chi connectivity index (χ2v) is 7.70. The molecule has 3 aromatic rings. The van der Waals surface area contributed by atoms with Gasteiger partial charge in [0, 0.05) is 32.5 Å². The maximum absolute atomic E-state index is 6.26. The maximum atomic E-state index is 6.26. The Balaban J connectivity index is 0.00000155. The molecule has 0 saturated carbocycles. The molecule has 0 saturated heterocycles. The van der Waals surface area contributed by atoms with Crippen LogP contribution in [-0.4, -0.2) is 4.98 Å². The molecule has 0 bridgehead atoms. The van der Waals surface area contributed by atoms with E-state index >= 15 is 0 Å². The standard InChI is InChI=1S/C23H20ClN3S.C2H6/c1-5-9-18(15(3)24)23-12-20(22(6-2)28-23)26-16(4)27-21-14-25-13-17-10-7-8-11-19(17)21;1-2/h2,5,7-14,26-27H,4H2,1,3H3;1-2H3/b9-5-,18-15-;. The number of hydrogen-bond acceptors (Lipinski definition) is 4. The van der Waals surface area contributed by atoms with E-state index in [1.54, 1.807) is 6.20 Å². The van der Waals surface area contributed by atoms with Gasteiger partial charge in [-0.3, -0.25) is 4.98 Å². The highest BCUT2D eigenvalue weighted by Gasteiger charge is 2.12. The van der Waals surface area contributed by atoms with Crippen molar-refractivity contribution in [3.05, 3.63) is 82.1 Å². The average molecular weight is 436 g/mol. The first-order chi connectivity index (χ1) is 14.5. The highest BCUT2D eigenvalue weighted by molar-refractivity contribution is 7.14. The number of thiophene rings is 1. The number of allylic oxidation sites excluding steroid dienone is 4. The SMILES string of the molecule is C#Cc1sc(C(/C=C\C)=C(/C)Cl)cc1NC(=C)Nc1cncc2ccccc12.CC. The number of hydrogen-bond donors (Lipinski definition) is 2. The summed E-state index contributed by atoms with van der Waals surface area (Å²) in [6.45, 7) is 11.9. The highest BCUT2D eigenvalue weighted by atomic mass is 35.5. The molecule has 0 atom stereocenters. The molecule has 154 valence electrons. The zero-order chi connectivity index (χ0) is 22.1. The van der Waals surface area contributed by atoms with Crippen molar-refractivity contribution in [2.75, 3.05) is 10.6 Å². The molecule has 3 nitrogen and oxygen atoms in total. The van der Waals surface area contributed by atoms with Crippen molar-refractivity contribution < 1.29 is 0 Å². The number of pyridine rings is 1. The molecule has 30 heavy (non-hydrogen) atoms. The van der Waals surface area contributed by atoms with Crippen molar-refractivity contribution in [1.82, 2.24) is 4.98 Å². The molecule has 2 aromatic heterocycles. The minimum absolute atomic E-state index is 0.609. The van der Waals surface area contributed by atoms with Crippen LogP contribution in [0.25, 0.3) is 16.3 Å². The average Bonchev–Trinajstić information content (AvgIpc) is 3.15. The van der Waals surface area contributed by atoms with Crippen LogP contribution in [0.4, 0.5) is 11.4 Å². The normalized spacial score (nSPS) is 11.3. The first-order valence-electron chi connectivity index (χ1n) is 9.69. The number of rotatable bonds is 6. The van der Waals surface area contributed by atoms with Crippen LogP contribution in [0.2, 0.25) is 0 Å². The van der Waals surface area contributed by atoms with Gasteiger partial charge < -0.3 is 10.6 Å². The summed E-state index contributed by atoms with van der Waals surface area (Å²) in [6, 6.07) is 10.0. The Bertz CT molecular complexity index is 1120. The van der Waals surface area contributed by atoms with E-state index in [9.17, 15) is 0 Å². The van der Waals surface area contributed by atoms with Crippen molar-refractivity contribution >= 4 is 50.7 Å². The number of aromatic nitrogens is 1. The van der Waals surface area contributed by atoms with Crippen molar-refractivity contribution in [2.24, 2.45) is 0 Å². The third-order valence-corrected chi connectivity index (χ3v) is 5.38. The van der Waals surface area contributed by atoms with Gasteiger partial charge in [0.1, 0.15) is 10.7 Å². The molecule has 2 heterocycles. The van der Waals surface area contributed by atoms with E-state index < -0.39 is 0 Å². The van der Waals surface area contributed by atoms with Crippen molar-refractivity contribution in [3.8, 4) is 12.3 Å². The monoisotopic (exact) mass is 435 g/mol. The smallest absolute Gasteiger partial charge is 0.101 e. The van der Waals surface area contributed by atoms with Gasteiger partial charge in [-0.05, 0) is 19.9 Å². The second kappa shape index (κ2) is 11.3. The lowest BCUT2D eigenvalue weighted by Crippen LogP contribution is -2.08. The molecule has 0 unspecified atom stereocenters. The summed E-state index contributed by atoms with van der Waals surface area (Å²) in [5.41, 5.74) is 2.64. The Kier molecular flexibility index (Phi) is 8.73. The number of terminal acetylenes is 1. The van der Waals surface area contributed by atoms with Crippen LogP contribution in [-0.2, 0) is 0 Å². The molecule has 2 N–H and O–H groups in total. The van der Waals surface area contributed by atoms with Gasteiger partial charge in [0.2, 0.25) is 0 Å². The minimum atomic E-state index is 0.609. The molecule has 5 heteroatoms.